The normalized spacial score (nSPS) is 28.4. The number of likely N-dealkylation sites (tertiary alicyclic amines) is 1. The van der Waals surface area contributed by atoms with Crippen molar-refractivity contribution < 1.29 is 18.4 Å². The second-order valence-electron chi connectivity index (χ2n) is 8.67. The number of amides is 2. The van der Waals surface area contributed by atoms with Crippen LogP contribution < -0.4 is 15.5 Å². The molecule has 1 aromatic heterocycles. The predicted octanol–water partition coefficient (Wildman–Crippen LogP) is 1.73. The van der Waals surface area contributed by atoms with Gasteiger partial charge in [-0.25, -0.2) is 8.78 Å². The van der Waals surface area contributed by atoms with Crippen LogP contribution in [0.2, 0.25) is 0 Å². The molecule has 0 radical (unpaired) electrons. The van der Waals surface area contributed by atoms with E-state index in [4.69, 9.17) is 0 Å². The van der Waals surface area contributed by atoms with Crippen LogP contribution in [0.15, 0.2) is 11.4 Å². The van der Waals surface area contributed by atoms with Gasteiger partial charge in [0.2, 0.25) is 11.8 Å². The first kappa shape index (κ1) is 21.6. The lowest BCUT2D eigenvalue weighted by Crippen LogP contribution is -2.52. The molecule has 3 aliphatic rings. The summed E-state index contributed by atoms with van der Waals surface area (Å²) in [4.78, 5) is 27.3. The smallest absolute Gasteiger partial charge is 0.263 e. The molecule has 164 valence electrons. The van der Waals surface area contributed by atoms with Gasteiger partial charge in [-0.15, -0.1) is 11.3 Å². The number of anilines is 2. The Morgan fingerprint density at radius 2 is 1.97 bits per heavy atom. The van der Waals surface area contributed by atoms with E-state index in [1.165, 1.54) is 11.3 Å². The molecule has 30 heavy (non-hydrogen) atoms. The summed E-state index contributed by atoms with van der Waals surface area (Å²) < 4.78 is 29.4. The number of halogens is 2. The number of nitrogens with one attached hydrogen (secondary N) is 2. The molecule has 10 heteroatoms. The third-order valence-corrected chi connectivity index (χ3v) is 7.64. The first-order valence-corrected chi connectivity index (χ1v) is 11.8. The van der Waals surface area contributed by atoms with E-state index < -0.39 is 17.9 Å². The second-order valence-corrected chi connectivity index (χ2v) is 9.58. The largest absolute Gasteiger partial charge is 0.371 e. The Morgan fingerprint density at radius 3 is 2.63 bits per heavy atom. The zero-order valence-corrected chi connectivity index (χ0v) is 18.1. The Labute approximate surface area is 180 Å². The van der Waals surface area contributed by atoms with Crippen molar-refractivity contribution in [3.8, 4) is 0 Å². The number of carbonyl (C=O) groups is 2. The molecule has 2 amide bonds. The summed E-state index contributed by atoms with van der Waals surface area (Å²) in [6, 6.07) is 1.62. The van der Waals surface area contributed by atoms with Crippen LogP contribution >= 0.6 is 11.3 Å². The Morgan fingerprint density at radius 1 is 1.20 bits per heavy atom. The molecule has 0 aliphatic carbocycles. The molecule has 0 bridgehead atoms. The highest BCUT2D eigenvalue weighted by Gasteiger charge is 2.48. The number of piperidine rings is 3. The predicted molar refractivity (Wildman–Crippen MR) is 117 cm³/mol. The van der Waals surface area contributed by atoms with Crippen LogP contribution in [0.5, 0.6) is 0 Å². The lowest BCUT2D eigenvalue weighted by atomic mass is 9.76. The van der Waals surface area contributed by atoms with E-state index in [0.29, 0.717) is 25.7 Å². The molecular formula is C20H29BF2N4O2S. The van der Waals surface area contributed by atoms with Crippen LogP contribution in [0, 0.1) is 11.8 Å². The van der Waals surface area contributed by atoms with Crippen molar-refractivity contribution in [3.05, 3.63) is 11.4 Å². The molecule has 0 saturated carbocycles. The SMILES string of the molecule is BCN1CCC(C2CCN(c3csc(NC4CCC(=O)NC4=O)c3)CC2)C(F)(F)C1. The third kappa shape index (κ3) is 4.64. The van der Waals surface area contributed by atoms with E-state index in [0.717, 1.165) is 43.2 Å². The van der Waals surface area contributed by atoms with Crippen molar-refractivity contribution in [3.63, 3.8) is 0 Å². The fourth-order valence-electron chi connectivity index (χ4n) is 5.01. The number of hydrogen-bond donors (Lipinski definition) is 2. The van der Waals surface area contributed by atoms with Crippen LogP contribution in [0.1, 0.15) is 32.1 Å². The zero-order chi connectivity index (χ0) is 21.3. The molecule has 1 aromatic rings. The molecule has 3 aliphatic heterocycles. The Balaban J connectivity index is 1.31. The number of alkyl halides is 2. The van der Waals surface area contributed by atoms with Gasteiger partial charge in [0.15, 0.2) is 0 Å². The average Bonchev–Trinajstić information content (AvgIpc) is 3.18. The summed E-state index contributed by atoms with van der Waals surface area (Å²) in [7, 11) is 1.94. The molecule has 3 saturated heterocycles. The molecule has 4 heterocycles. The van der Waals surface area contributed by atoms with Gasteiger partial charge in [-0.3, -0.25) is 14.9 Å². The molecule has 0 aromatic carbocycles. The van der Waals surface area contributed by atoms with Crippen molar-refractivity contribution in [1.29, 1.82) is 0 Å². The maximum absolute atomic E-state index is 14.7. The van der Waals surface area contributed by atoms with Gasteiger partial charge < -0.3 is 15.1 Å². The second kappa shape index (κ2) is 8.82. The van der Waals surface area contributed by atoms with Gasteiger partial charge in [0, 0.05) is 36.5 Å². The quantitative estimate of drug-likeness (QED) is 0.542. The van der Waals surface area contributed by atoms with Crippen molar-refractivity contribution in [1.82, 2.24) is 10.2 Å². The summed E-state index contributed by atoms with van der Waals surface area (Å²) >= 11 is 1.53. The molecule has 2 N–H and O–H groups in total. The van der Waals surface area contributed by atoms with Crippen LogP contribution in [-0.2, 0) is 9.59 Å². The van der Waals surface area contributed by atoms with Gasteiger partial charge in [-0.05, 0) is 50.7 Å². The van der Waals surface area contributed by atoms with Crippen molar-refractivity contribution in [2.45, 2.75) is 44.1 Å². The minimum absolute atomic E-state index is 0.0787. The Hall–Kier alpha value is -1.68. The lowest BCUT2D eigenvalue weighted by Gasteiger charge is -2.44. The average molecular weight is 438 g/mol. The number of rotatable bonds is 5. The molecule has 2 unspecified atom stereocenters. The van der Waals surface area contributed by atoms with E-state index in [-0.39, 0.29) is 24.3 Å². The highest BCUT2D eigenvalue weighted by atomic mass is 32.1. The number of hydrogen-bond acceptors (Lipinski definition) is 6. The van der Waals surface area contributed by atoms with E-state index >= 15 is 0 Å². The minimum Gasteiger partial charge on any atom is -0.371 e. The maximum atomic E-state index is 14.7. The number of carbonyl (C=O) groups excluding carboxylic acids is 2. The van der Waals surface area contributed by atoms with Crippen molar-refractivity contribution in [2.24, 2.45) is 11.8 Å². The molecule has 4 rings (SSSR count). The Kier molecular flexibility index (Phi) is 6.34. The molecular weight excluding hydrogens is 409 g/mol. The highest BCUT2D eigenvalue weighted by molar-refractivity contribution is 7.14. The van der Waals surface area contributed by atoms with Gasteiger partial charge >= 0.3 is 0 Å². The van der Waals surface area contributed by atoms with Crippen LogP contribution in [-0.4, -0.2) is 69.1 Å². The number of thiophene rings is 1. The summed E-state index contributed by atoms with van der Waals surface area (Å²) in [6.45, 7) is 2.23. The first-order chi connectivity index (χ1) is 14.4. The summed E-state index contributed by atoms with van der Waals surface area (Å²) in [5.41, 5.74) is 1.07. The zero-order valence-electron chi connectivity index (χ0n) is 17.3. The highest BCUT2D eigenvalue weighted by Crippen LogP contribution is 2.42. The standard InChI is InChI=1S/C20H29BF2N4O2S/c21-12-26-6-5-15(20(22,23)11-26)13-3-7-27(8-4-13)14-9-18(30-10-14)24-16-1-2-17(28)25-19(16)29/h9-10,13,15-16,24H,1-8,11-12,21H2,(H,25,28,29). The molecule has 0 spiro atoms. The van der Waals surface area contributed by atoms with Crippen molar-refractivity contribution >= 4 is 41.7 Å². The van der Waals surface area contributed by atoms with E-state index in [1.54, 1.807) is 0 Å². The van der Waals surface area contributed by atoms with Gasteiger partial charge in [0.05, 0.1) is 11.5 Å². The number of nitrogens with zero attached hydrogens (tertiary/aromatic N) is 2. The summed E-state index contributed by atoms with van der Waals surface area (Å²) in [5, 5.41) is 8.51. The van der Waals surface area contributed by atoms with Crippen LogP contribution in [0.3, 0.4) is 0 Å². The fraction of sp³-hybridized carbons (Fsp3) is 0.700. The van der Waals surface area contributed by atoms with Crippen molar-refractivity contribution in [2.75, 3.05) is 42.8 Å². The van der Waals surface area contributed by atoms with E-state index in [2.05, 4.69) is 15.5 Å². The van der Waals surface area contributed by atoms with Gasteiger partial charge in [-0.2, -0.15) is 0 Å². The molecule has 3 fully saturated rings. The van der Waals surface area contributed by atoms with Gasteiger partial charge in [0.25, 0.3) is 5.92 Å². The monoisotopic (exact) mass is 438 g/mol. The van der Waals surface area contributed by atoms with Crippen LogP contribution in [0.25, 0.3) is 0 Å². The molecule has 2 atom stereocenters. The molecule has 6 nitrogen and oxygen atoms in total. The fourth-order valence-corrected chi connectivity index (χ4v) is 5.87. The topological polar surface area (TPSA) is 64.7 Å². The first-order valence-electron chi connectivity index (χ1n) is 10.9. The summed E-state index contributed by atoms with van der Waals surface area (Å²) in [5.74, 6) is -3.52. The van der Waals surface area contributed by atoms with E-state index in [9.17, 15) is 18.4 Å². The maximum Gasteiger partial charge on any atom is 0.263 e. The van der Waals surface area contributed by atoms with Gasteiger partial charge in [0.1, 0.15) is 13.9 Å². The van der Waals surface area contributed by atoms with Gasteiger partial charge in [-0.1, -0.05) is 0 Å². The summed E-state index contributed by atoms with van der Waals surface area (Å²) in [6.07, 6.45) is 3.69. The third-order valence-electron chi connectivity index (χ3n) is 6.80. The van der Waals surface area contributed by atoms with E-state index in [1.807, 2.05) is 24.2 Å². The minimum atomic E-state index is -2.59. The lowest BCUT2D eigenvalue weighted by molar-refractivity contribution is -0.133. The number of imide groups is 1. The Bertz CT molecular complexity index is 785. The van der Waals surface area contributed by atoms with Crippen LogP contribution in [0.4, 0.5) is 19.5 Å².